The molecule has 0 aromatic heterocycles. The van der Waals surface area contributed by atoms with Crippen LogP contribution in [-0.2, 0) is 0 Å². The van der Waals surface area contributed by atoms with Gasteiger partial charge in [0.25, 0.3) is 0 Å². The monoisotopic (exact) mass is 290 g/mol. The van der Waals surface area contributed by atoms with E-state index in [1.165, 1.54) is 24.9 Å². The van der Waals surface area contributed by atoms with Gasteiger partial charge in [0.15, 0.2) is 0 Å². The van der Waals surface area contributed by atoms with Crippen molar-refractivity contribution in [3.05, 3.63) is 29.8 Å². The number of hydrogen-bond acceptors (Lipinski definition) is 3. The van der Waals surface area contributed by atoms with Crippen molar-refractivity contribution >= 4 is 0 Å². The predicted octanol–water partition coefficient (Wildman–Crippen LogP) is 3.47. The summed E-state index contributed by atoms with van der Waals surface area (Å²) >= 11 is 0. The van der Waals surface area contributed by atoms with Crippen LogP contribution in [0.3, 0.4) is 0 Å². The van der Waals surface area contributed by atoms with Gasteiger partial charge >= 0.3 is 0 Å². The summed E-state index contributed by atoms with van der Waals surface area (Å²) in [6, 6.07) is 9.59. The van der Waals surface area contributed by atoms with E-state index in [-0.39, 0.29) is 0 Å². The van der Waals surface area contributed by atoms with Crippen molar-refractivity contribution < 1.29 is 4.74 Å². The smallest absolute Gasteiger partial charge is 0.119 e. The van der Waals surface area contributed by atoms with Crippen molar-refractivity contribution in [3.8, 4) is 5.75 Å². The average molecular weight is 290 g/mol. The van der Waals surface area contributed by atoms with E-state index in [2.05, 4.69) is 62.3 Å². The van der Waals surface area contributed by atoms with Gasteiger partial charge < -0.3 is 15.0 Å². The molecule has 0 bridgehead atoms. The molecule has 3 nitrogen and oxygen atoms in total. The Labute approximate surface area is 129 Å². The summed E-state index contributed by atoms with van der Waals surface area (Å²) in [5.41, 5.74) is 1.33. The molecular weight excluding hydrogens is 260 g/mol. The Morgan fingerprint density at radius 1 is 1.24 bits per heavy atom. The van der Waals surface area contributed by atoms with E-state index in [0.717, 1.165) is 18.9 Å². The van der Waals surface area contributed by atoms with Crippen LogP contribution >= 0.6 is 0 Å². The fourth-order valence-electron chi connectivity index (χ4n) is 2.78. The van der Waals surface area contributed by atoms with Gasteiger partial charge in [-0.3, -0.25) is 0 Å². The number of nitrogens with one attached hydrogen (secondary N) is 1. The molecule has 0 saturated carbocycles. The van der Waals surface area contributed by atoms with E-state index >= 15 is 0 Å². The molecule has 1 saturated heterocycles. The van der Waals surface area contributed by atoms with E-state index in [9.17, 15) is 0 Å². The van der Waals surface area contributed by atoms with Crippen molar-refractivity contribution in [3.63, 3.8) is 0 Å². The number of rotatable bonds is 7. The van der Waals surface area contributed by atoms with Crippen molar-refractivity contribution in [1.82, 2.24) is 10.2 Å². The normalized spacial score (nSPS) is 20.9. The topological polar surface area (TPSA) is 24.5 Å². The standard InChI is InChI=1S/C18H30N2O/c1-14(2)13-21-18-9-7-16(8-10-18)15(3)19-12-17-6-5-11-20(17)4/h7-10,14-15,17,19H,5-6,11-13H2,1-4H3. The maximum Gasteiger partial charge on any atom is 0.119 e. The van der Waals surface area contributed by atoms with Crippen LogP contribution in [0.4, 0.5) is 0 Å². The van der Waals surface area contributed by atoms with Gasteiger partial charge in [0, 0.05) is 18.6 Å². The zero-order valence-electron chi connectivity index (χ0n) is 13.9. The maximum absolute atomic E-state index is 5.73. The first-order valence-electron chi connectivity index (χ1n) is 8.22. The quantitative estimate of drug-likeness (QED) is 0.832. The van der Waals surface area contributed by atoms with Gasteiger partial charge in [0.05, 0.1) is 6.61 Å². The molecule has 1 aliphatic rings. The average Bonchev–Trinajstić information content (AvgIpc) is 2.88. The second kappa shape index (κ2) is 7.81. The lowest BCUT2D eigenvalue weighted by molar-refractivity contribution is 0.271. The van der Waals surface area contributed by atoms with E-state index in [0.29, 0.717) is 18.0 Å². The van der Waals surface area contributed by atoms with Gasteiger partial charge in [-0.2, -0.15) is 0 Å². The molecule has 0 aliphatic carbocycles. The first-order valence-corrected chi connectivity index (χ1v) is 8.22. The fourth-order valence-corrected chi connectivity index (χ4v) is 2.78. The molecule has 1 heterocycles. The molecule has 0 radical (unpaired) electrons. The van der Waals surface area contributed by atoms with Crippen molar-refractivity contribution in [2.45, 2.75) is 45.7 Å². The summed E-state index contributed by atoms with van der Waals surface area (Å²) < 4.78 is 5.73. The summed E-state index contributed by atoms with van der Waals surface area (Å²) in [5, 5.41) is 3.66. The van der Waals surface area contributed by atoms with Crippen LogP contribution in [-0.4, -0.2) is 37.7 Å². The molecule has 2 atom stereocenters. The SMILES string of the molecule is CC(C)COc1ccc(C(C)NCC2CCCN2C)cc1. The Morgan fingerprint density at radius 3 is 2.52 bits per heavy atom. The maximum atomic E-state index is 5.73. The van der Waals surface area contributed by atoms with E-state index in [1.807, 2.05) is 0 Å². The molecule has 0 spiro atoms. The van der Waals surface area contributed by atoms with Gasteiger partial charge in [-0.25, -0.2) is 0 Å². The van der Waals surface area contributed by atoms with Crippen LogP contribution in [0.2, 0.25) is 0 Å². The Hall–Kier alpha value is -1.06. The van der Waals surface area contributed by atoms with Gasteiger partial charge in [-0.1, -0.05) is 26.0 Å². The number of benzene rings is 1. The summed E-state index contributed by atoms with van der Waals surface area (Å²) in [5.74, 6) is 1.53. The lowest BCUT2D eigenvalue weighted by Crippen LogP contribution is -2.36. The zero-order chi connectivity index (χ0) is 15.2. The van der Waals surface area contributed by atoms with Crippen LogP contribution < -0.4 is 10.1 Å². The van der Waals surface area contributed by atoms with Crippen LogP contribution in [0.1, 0.15) is 45.2 Å². The van der Waals surface area contributed by atoms with E-state index < -0.39 is 0 Å². The summed E-state index contributed by atoms with van der Waals surface area (Å²) in [6.45, 7) is 9.66. The third-order valence-corrected chi connectivity index (χ3v) is 4.29. The first kappa shape index (κ1) is 16.3. The second-order valence-corrected chi connectivity index (χ2v) is 6.68. The number of likely N-dealkylation sites (tertiary alicyclic amines) is 1. The van der Waals surface area contributed by atoms with Crippen LogP contribution in [0.5, 0.6) is 5.75 Å². The Kier molecular flexibility index (Phi) is 6.07. The molecule has 3 heteroatoms. The Bertz CT molecular complexity index is 416. The minimum Gasteiger partial charge on any atom is -0.493 e. The molecule has 1 N–H and O–H groups in total. The molecule has 118 valence electrons. The molecule has 2 unspecified atom stereocenters. The highest BCUT2D eigenvalue weighted by Crippen LogP contribution is 2.19. The highest BCUT2D eigenvalue weighted by molar-refractivity contribution is 5.29. The number of likely N-dealkylation sites (N-methyl/N-ethyl adjacent to an activating group) is 1. The highest BCUT2D eigenvalue weighted by atomic mass is 16.5. The number of hydrogen-bond donors (Lipinski definition) is 1. The Morgan fingerprint density at radius 2 is 1.95 bits per heavy atom. The minimum atomic E-state index is 0.387. The highest BCUT2D eigenvalue weighted by Gasteiger charge is 2.20. The molecule has 1 aliphatic heterocycles. The summed E-state index contributed by atoms with van der Waals surface area (Å²) in [6.07, 6.45) is 2.65. The van der Waals surface area contributed by atoms with E-state index in [1.54, 1.807) is 0 Å². The van der Waals surface area contributed by atoms with Gasteiger partial charge in [0.2, 0.25) is 0 Å². The lowest BCUT2D eigenvalue weighted by Gasteiger charge is -2.23. The van der Waals surface area contributed by atoms with Crippen molar-refractivity contribution in [2.24, 2.45) is 5.92 Å². The third-order valence-electron chi connectivity index (χ3n) is 4.29. The second-order valence-electron chi connectivity index (χ2n) is 6.68. The van der Waals surface area contributed by atoms with Crippen LogP contribution in [0, 0.1) is 5.92 Å². The van der Waals surface area contributed by atoms with Crippen molar-refractivity contribution in [1.29, 1.82) is 0 Å². The van der Waals surface area contributed by atoms with E-state index in [4.69, 9.17) is 4.74 Å². The number of nitrogens with zero attached hydrogens (tertiary/aromatic N) is 1. The summed E-state index contributed by atoms with van der Waals surface area (Å²) in [7, 11) is 2.23. The number of ether oxygens (including phenoxy) is 1. The van der Waals surface area contributed by atoms with Crippen LogP contribution in [0.15, 0.2) is 24.3 Å². The fraction of sp³-hybridized carbons (Fsp3) is 0.667. The van der Waals surface area contributed by atoms with Gasteiger partial charge in [-0.15, -0.1) is 0 Å². The molecular formula is C18H30N2O. The largest absolute Gasteiger partial charge is 0.493 e. The van der Waals surface area contributed by atoms with Crippen LogP contribution in [0.25, 0.3) is 0 Å². The predicted molar refractivity (Wildman–Crippen MR) is 88.8 cm³/mol. The van der Waals surface area contributed by atoms with Gasteiger partial charge in [-0.05, 0) is 57.0 Å². The van der Waals surface area contributed by atoms with Gasteiger partial charge in [0.1, 0.15) is 5.75 Å². The molecule has 21 heavy (non-hydrogen) atoms. The first-order chi connectivity index (χ1) is 10.1. The minimum absolute atomic E-state index is 0.387. The molecule has 2 rings (SSSR count). The molecule has 1 aromatic carbocycles. The Balaban J connectivity index is 1.80. The molecule has 0 amide bonds. The van der Waals surface area contributed by atoms with Crippen molar-refractivity contribution in [2.75, 3.05) is 26.7 Å². The zero-order valence-corrected chi connectivity index (χ0v) is 13.9. The molecule has 1 aromatic rings. The molecule has 1 fully saturated rings. The third kappa shape index (κ3) is 5.01. The summed E-state index contributed by atoms with van der Waals surface area (Å²) in [4.78, 5) is 2.46. The lowest BCUT2D eigenvalue weighted by atomic mass is 10.1.